The number of halogens is 3. The fourth-order valence-corrected chi connectivity index (χ4v) is 5.34. The number of ketones is 1. The number of aromatic nitrogens is 1. The topological polar surface area (TPSA) is 56.0 Å². The van der Waals surface area contributed by atoms with Crippen molar-refractivity contribution in [1.82, 2.24) is 4.98 Å². The monoisotopic (exact) mass is 626 g/mol. The Morgan fingerprint density at radius 1 is 0.844 bits per heavy atom. The van der Waals surface area contributed by atoms with Crippen molar-refractivity contribution in [3.05, 3.63) is 93.7 Å². The van der Waals surface area contributed by atoms with Crippen LogP contribution >= 0.6 is 0 Å². The van der Waals surface area contributed by atoms with Crippen LogP contribution in [0.15, 0.2) is 65.8 Å². The number of carbonyl (C=O) groups excluding carboxylic acids is 1. The van der Waals surface area contributed by atoms with Crippen LogP contribution in [0, 0.1) is 13.8 Å². The van der Waals surface area contributed by atoms with Gasteiger partial charge in [0.2, 0.25) is 0 Å². The standard InChI is InChI=1S/C21H22F3NO.C15H24.C2H6.CH5N/c1-6-12(2)18(15(5)26)11-14(4)16-8-7-13(3)20-17(16)9-10-19(25-20)21(22,23)24;1-5-11-15(4,12-6-2)14-9-7-13(3)8-10-14;2*1-2/h7-11H,6H2,1-5H3;7-10H,5-6,11-12H2,1-4H3;1-2H3;2H2,1H3/b14-11+,18-12-;;;. The van der Waals surface area contributed by atoms with E-state index in [0.29, 0.717) is 27.5 Å². The van der Waals surface area contributed by atoms with Crippen LogP contribution in [0.3, 0.4) is 0 Å². The number of allylic oxidation sites excluding steroid dienone is 4. The van der Waals surface area contributed by atoms with Crippen molar-refractivity contribution < 1.29 is 18.0 Å². The molecule has 0 atom stereocenters. The van der Waals surface area contributed by atoms with Gasteiger partial charge in [0, 0.05) is 11.0 Å². The van der Waals surface area contributed by atoms with Crippen LogP contribution in [0.4, 0.5) is 13.2 Å². The van der Waals surface area contributed by atoms with E-state index in [9.17, 15) is 18.0 Å². The Morgan fingerprint density at radius 3 is 1.82 bits per heavy atom. The minimum atomic E-state index is -4.48. The maximum absolute atomic E-state index is 13.0. The lowest BCUT2D eigenvalue weighted by molar-refractivity contribution is -0.141. The highest BCUT2D eigenvalue weighted by molar-refractivity contribution is 6.00. The van der Waals surface area contributed by atoms with Gasteiger partial charge >= 0.3 is 6.18 Å². The number of fused-ring (bicyclic) bond motifs is 1. The average molecular weight is 627 g/mol. The molecule has 0 aliphatic heterocycles. The summed E-state index contributed by atoms with van der Waals surface area (Å²) in [6, 6.07) is 15.1. The molecule has 0 aliphatic carbocycles. The Labute approximate surface area is 271 Å². The lowest BCUT2D eigenvalue weighted by atomic mass is 9.75. The average Bonchev–Trinajstić information content (AvgIpc) is 3.01. The number of hydrogen-bond donors (Lipinski definition) is 1. The van der Waals surface area contributed by atoms with Gasteiger partial charge in [0.1, 0.15) is 5.69 Å². The normalized spacial score (nSPS) is 12.1. The Kier molecular flexibility index (Phi) is 18.5. The van der Waals surface area contributed by atoms with Gasteiger partial charge in [-0.2, -0.15) is 13.2 Å². The first-order chi connectivity index (χ1) is 21.2. The largest absolute Gasteiger partial charge is 0.433 e. The number of nitrogens with zero attached hydrogens (tertiary/aromatic N) is 1. The quantitative estimate of drug-likeness (QED) is 0.190. The molecule has 6 heteroatoms. The fraction of sp³-hybridized carbons (Fsp3) is 0.487. The van der Waals surface area contributed by atoms with Crippen LogP contribution in [-0.4, -0.2) is 17.8 Å². The third-order valence-corrected chi connectivity index (χ3v) is 7.86. The second kappa shape index (κ2) is 20.0. The van der Waals surface area contributed by atoms with E-state index in [1.54, 1.807) is 13.0 Å². The van der Waals surface area contributed by atoms with E-state index in [1.165, 1.54) is 56.8 Å². The molecule has 45 heavy (non-hydrogen) atoms. The summed E-state index contributed by atoms with van der Waals surface area (Å²) in [4.78, 5) is 15.8. The minimum Gasteiger partial charge on any atom is -0.333 e. The number of carbonyl (C=O) groups is 1. The van der Waals surface area contributed by atoms with E-state index in [4.69, 9.17) is 0 Å². The van der Waals surface area contributed by atoms with Gasteiger partial charge < -0.3 is 5.73 Å². The number of hydrogen-bond acceptors (Lipinski definition) is 3. The van der Waals surface area contributed by atoms with E-state index in [1.807, 2.05) is 46.8 Å². The minimum absolute atomic E-state index is 0.0300. The van der Waals surface area contributed by atoms with Gasteiger partial charge in [-0.25, -0.2) is 4.98 Å². The second-order valence-corrected chi connectivity index (χ2v) is 11.4. The summed E-state index contributed by atoms with van der Waals surface area (Å²) in [6.07, 6.45) is 3.21. The number of alkyl halides is 3. The number of nitrogens with two attached hydrogens (primary N) is 1. The maximum Gasteiger partial charge on any atom is 0.433 e. The van der Waals surface area contributed by atoms with Crippen molar-refractivity contribution in [3.8, 4) is 0 Å². The van der Waals surface area contributed by atoms with Gasteiger partial charge in [0.25, 0.3) is 0 Å². The highest BCUT2D eigenvalue weighted by Crippen LogP contribution is 2.34. The van der Waals surface area contributed by atoms with Gasteiger partial charge in [0.15, 0.2) is 5.78 Å². The predicted molar refractivity (Wildman–Crippen MR) is 189 cm³/mol. The van der Waals surface area contributed by atoms with Crippen molar-refractivity contribution in [2.24, 2.45) is 5.73 Å². The highest BCUT2D eigenvalue weighted by atomic mass is 19.4. The Balaban J connectivity index is 0.000000866. The smallest absolute Gasteiger partial charge is 0.333 e. The summed E-state index contributed by atoms with van der Waals surface area (Å²) in [5, 5.41) is 0.642. The molecule has 0 saturated heterocycles. The number of rotatable bonds is 9. The molecule has 0 amide bonds. The lowest BCUT2D eigenvalue weighted by Crippen LogP contribution is -2.21. The van der Waals surface area contributed by atoms with Gasteiger partial charge in [-0.05, 0) is 101 Å². The molecule has 250 valence electrons. The van der Waals surface area contributed by atoms with E-state index in [0.717, 1.165) is 29.2 Å². The van der Waals surface area contributed by atoms with Gasteiger partial charge in [-0.3, -0.25) is 4.79 Å². The highest BCUT2D eigenvalue weighted by Gasteiger charge is 2.32. The Hall–Kier alpha value is -3.25. The molecular weight excluding hydrogens is 569 g/mol. The van der Waals surface area contributed by atoms with Crippen LogP contribution in [0.25, 0.3) is 16.5 Å². The van der Waals surface area contributed by atoms with Crippen LogP contribution < -0.4 is 5.73 Å². The zero-order chi connectivity index (χ0) is 35.0. The summed E-state index contributed by atoms with van der Waals surface area (Å²) < 4.78 is 38.9. The molecule has 2 aromatic carbocycles. The first-order valence-electron chi connectivity index (χ1n) is 16.2. The maximum atomic E-state index is 13.0. The molecule has 0 fully saturated rings. The Morgan fingerprint density at radius 2 is 1.38 bits per heavy atom. The van der Waals surface area contributed by atoms with E-state index >= 15 is 0 Å². The first-order valence-corrected chi connectivity index (χ1v) is 16.2. The van der Waals surface area contributed by atoms with Crippen molar-refractivity contribution in [2.75, 3.05) is 7.05 Å². The van der Waals surface area contributed by atoms with Crippen LogP contribution in [0.2, 0.25) is 0 Å². The SMILES string of the molecule is CC.CC/C(C)=C(/C=C(\C)c1ccc(C)c2nc(C(F)(F)F)ccc12)C(C)=O.CCCC(C)(CCC)c1ccc(C)cc1.CN. The zero-order valence-corrected chi connectivity index (χ0v) is 29.8. The molecular formula is C39H57F3N2O. The molecule has 0 saturated carbocycles. The first kappa shape index (κ1) is 41.8. The number of benzene rings is 2. The third-order valence-electron chi connectivity index (χ3n) is 7.86. The van der Waals surface area contributed by atoms with Crippen molar-refractivity contribution in [3.63, 3.8) is 0 Å². The molecule has 0 bridgehead atoms. The predicted octanol–water partition coefficient (Wildman–Crippen LogP) is 11.7. The van der Waals surface area contributed by atoms with Crippen LogP contribution in [-0.2, 0) is 16.4 Å². The molecule has 3 rings (SSSR count). The molecule has 3 nitrogen and oxygen atoms in total. The Bertz CT molecular complexity index is 1390. The molecule has 0 spiro atoms. The molecule has 1 aromatic heterocycles. The number of pyridine rings is 1. The second-order valence-electron chi connectivity index (χ2n) is 11.4. The van der Waals surface area contributed by atoms with Gasteiger partial charge in [-0.15, -0.1) is 0 Å². The third kappa shape index (κ3) is 12.2. The number of Topliss-reactive ketones (excluding diaryl/α,β-unsaturated/α-hetero) is 1. The molecule has 3 aromatic rings. The van der Waals surface area contributed by atoms with Crippen molar-refractivity contribution >= 4 is 22.3 Å². The molecule has 1 heterocycles. The van der Waals surface area contributed by atoms with Crippen molar-refractivity contribution in [2.45, 2.75) is 120 Å². The molecule has 0 aliphatic rings. The van der Waals surface area contributed by atoms with E-state index < -0.39 is 11.9 Å². The van der Waals surface area contributed by atoms with Gasteiger partial charge in [0.05, 0.1) is 5.52 Å². The summed E-state index contributed by atoms with van der Waals surface area (Å²) >= 11 is 0. The van der Waals surface area contributed by atoms with Gasteiger partial charge in [-0.1, -0.05) is 108 Å². The number of aryl methyl sites for hydroxylation is 2. The molecule has 0 unspecified atom stereocenters. The van der Waals surface area contributed by atoms with Crippen LogP contribution in [0.1, 0.15) is 122 Å². The summed E-state index contributed by atoms with van der Waals surface area (Å²) in [7, 11) is 1.50. The van der Waals surface area contributed by atoms with E-state index in [-0.39, 0.29) is 5.78 Å². The summed E-state index contributed by atoms with van der Waals surface area (Å²) in [6.45, 7) is 22.1. The fourth-order valence-electron chi connectivity index (χ4n) is 5.34. The van der Waals surface area contributed by atoms with E-state index in [2.05, 4.69) is 62.7 Å². The summed E-state index contributed by atoms with van der Waals surface area (Å²) in [5.74, 6) is -0.0300. The zero-order valence-electron chi connectivity index (χ0n) is 29.8. The molecule has 0 radical (unpaired) electrons. The van der Waals surface area contributed by atoms with Crippen LogP contribution in [0.5, 0.6) is 0 Å². The summed E-state index contributed by atoms with van der Waals surface area (Å²) in [5.41, 5.74) is 11.1. The van der Waals surface area contributed by atoms with Crippen molar-refractivity contribution in [1.29, 1.82) is 0 Å². The molecule has 2 N–H and O–H groups in total. The lowest BCUT2D eigenvalue weighted by Gasteiger charge is -2.29.